The molecular weight excluding hydrogens is 276 g/mol. The Morgan fingerprint density at radius 3 is 3.05 bits per heavy atom. The van der Waals surface area contributed by atoms with Gasteiger partial charge in [0.2, 0.25) is 0 Å². The lowest BCUT2D eigenvalue weighted by Gasteiger charge is -2.23. The number of pyridine rings is 1. The van der Waals surface area contributed by atoms with Crippen molar-refractivity contribution < 1.29 is 0 Å². The molecule has 0 spiro atoms. The van der Waals surface area contributed by atoms with Crippen LogP contribution in [0.1, 0.15) is 19.8 Å². The molecule has 1 unspecified atom stereocenters. The summed E-state index contributed by atoms with van der Waals surface area (Å²) in [6, 6.07) is 8.56. The van der Waals surface area contributed by atoms with E-state index in [1.165, 1.54) is 12.8 Å². The minimum atomic E-state index is 0.558. The molecule has 0 radical (unpaired) electrons. The molecular formula is C16H18N6. The van der Waals surface area contributed by atoms with Gasteiger partial charge in [0, 0.05) is 25.0 Å². The molecule has 0 amide bonds. The summed E-state index contributed by atoms with van der Waals surface area (Å²) in [6.45, 7) is 3.34. The number of nitrogens with zero attached hydrogens (tertiary/aromatic N) is 5. The molecule has 4 rings (SSSR count). The third kappa shape index (κ3) is 2.26. The molecule has 0 aromatic carbocycles. The first-order valence-electron chi connectivity index (χ1n) is 7.60. The van der Waals surface area contributed by atoms with Crippen LogP contribution < -0.4 is 10.2 Å². The van der Waals surface area contributed by atoms with Crippen molar-refractivity contribution in [2.24, 2.45) is 0 Å². The van der Waals surface area contributed by atoms with Crippen molar-refractivity contribution in [1.29, 1.82) is 0 Å². The zero-order valence-corrected chi connectivity index (χ0v) is 12.5. The fourth-order valence-electron chi connectivity index (χ4n) is 3.00. The van der Waals surface area contributed by atoms with Crippen LogP contribution in [0.15, 0.2) is 42.9 Å². The van der Waals surface area contributed by atoms with Gasteiger partial charge in [-0.1, -0.05) is 6.07 Å². The molecule has 0 saturated carbocycles. The molecule has 3 aromatic heterocycles. The maximum atomic E-state index is 4.75. The Hall–Kier alpha value is -2.63. The summed E-state index contributed by atoms with van der Waals surface area (Å²) in [6.07, 6.45) is 7.79. The second-order valence-electron chi connectivity index (χ2n) is 5.63. The van der Waals surface area contributed by atoms with Gasteiger partial charge in [-0.15, -0.1) is 0 Å². The lowest BCUT2D eigenvalue weighted by atomic mass is 10.2. The lowest BCUT2D eigenvalue weighted by molar-refractivity contribution is 0.727. The van der Waals surface area contributed by atoms with Gasteiger partial charge in [-0.25, -0.2) is 14.5 Å². The molecule has 1 saturated heterocycles. The summed E-state index contributed by atoms with van der Waals surface area (Å²) in [5.74, 6) is 1.86. The normalized spacial score (nSPS) is 18.0. The standard InChI is InChI=1S/C16H18N6/c1-12-4-3-10-21(12)15-6-2-5-14(20-15)19-13-7-8-18-22-11-9-17-16(13)22/h2,5-9,11-12H,3-4,10H2,1H3,(H,19,20). The number of anilines is 3. The highest BCUT2D eigenvalue weighted by Crippen LogP contribution is 2.26. The zero-order chi connectivity index (χ0) is 14.9. The summed E-state index contributed by atoms with van der Waals surface area (Å²) < 4.78 is 1.74. The smallest absolute Gasteiger partial charge is 0.177 e. The quantitative estimate of drug-likeness (QED) is 0.805. The van der Waals surface area contributed by atoms with Gasteiger partial charge in [0.05, 0.1) is 11.9 Å². The first kappa shape index (κ1) is 13.1. The van der Waals surface area contributed by atoms with Gasteiger partial charge in [-0.2, -0.15) is 5.10 Å². The van der Waals surface area contributed by atoms with Gasteiger partial charge in [0.25, 0.3) is 0 Å². The average Bonchev–Trinajstić information content (AvgIpc) is 3.17. The molecule has 4 heterocycles. The number of fused-ring (bicyclic) bond motifs is 1. The molecule has 112 valence electrons. The Bertz CT molecular complexity index is 796. The van der Waals surface area contributed by atoms with Crippen LogP contribution in [-0.2, 0) is 0 Å². The largest absolute Gasteiger partial charge is 0.354 e. The zero-order valence-electron chi connectivity index (χ0n) is 12.5. The van der Waals surface area contributed by atoms with Crippen LogP contribution in [0.5, 0.6) is 0 Å². The Morgan fingerprint density at radius 2 is 2.18 bits per heavy atom. The molecule has 22 heavy (non-hydrogen) atoms. The highest BCUT2D eigenvalue weighted by molar-refractivity contribution is 5.72. The van der Waals surface area contributed by atoms with E-state index < -0.39 is 0 Å². The minimum Gasteiger partial charge on any atom is -0.354 e. The number of nitrogens with one attached hydrogen (secondary N) is 1. The monoisotopic (exact) mass is 294 g/mol. The molecule has 6 nitrogen and oxygen atoms in total. The number of imidazole rings is 1. The molecule has 1 aliphatic heterocycles. The van der Waals surface area contributed by atoms with E-state index in [9.17, 15) is 0 Å². The van der Waals surface area contributed by atoms with Crippen LogP contribution in [0.25, 0.3) is 5.65 Å². The third-order valence-electron chi connectivity index (χ3n) is 4.14. The second kappa shape index (κ2) is 5.29. The molecule has 6 heteroatoms. The SMILES string of the molecule is CC1CCCN1c1cccc(Nc2ccnn3ccnc23)n1. The maximum Gasteiger partial charge on any atom is 0.177 e. The molecule has 1 atom stereocenters. The van der Waals surface area contributed by atoms with Gasteiger partial charge in [0.1, 0.15) is 11.6 Å². The molecule has 3 aromatic rings. The van der Waals surface area contributed by atoms with Crippen molar-refractivity contribution in [3.05, 3.63) is 42.9 Å². The lowest BCUT2D eigenvalue weighted by Crippen LogP contribution is -2.27. The molecule has 1 fully saturated rings. The van der Waals surface area contributed by atoms with Crippen molar-refractivity contribution >= 4 is 23.0 Å². The summed E-state index contributed by atoms with van der Waals surface area (Å²) in [4.78, 5) is 11.4. The van der Waals surface area contributed by atoms with E-state index in [2.05, 4.69) is 33.3 Å². The number of rotatable bonds is 3. The third-order valence-corrected chi connectivity index (χ3v) is 4.14. The number of hydrogen-bond acceptors (Lipinski definition) is 5. The summed E-state index contributed by atoms with van der Waals surface area (Å²) in [5, 5.41) is 7.57. The fourth-order valence-corrected chi connectivity index (χ4v) is 3.00. The van der Waals surface area contributed by atoms with Gasteiger partial charge < -0.3 is 10.2 Å². The Morgan fingerprint density at radius 1 is 1.23 bits per heavy atom. The maximum absolute atomic E-state index is 4.75. The van der Waals surface area contributed by atoms with Crippen LogP contribution in [-0.4, -0.2) is 32.2 Å². The van der Waals surface area contributed by atoms with Crippen LogP contribution in [0.4, 0.5) is 17.3 Å². The van der Waals surface area contributed by atoms with Gasteiger partial charge in [-0.3, -0.25) is 0 Å². The number of aromatic nitrogens is 4. The highest BCUT2D eigenvalue weighted by Gasteiger charge is 2.21. The second-order valence-corrected chi connectivity index (χ2v) is 5.63. The molecule has 0 bridgehead atoms. The summed E-state index contributed by atoms with van der Waals surface area (Å²) >= 11 is 0. The molecule has 0 aliphatic carbocycles. The number of hydrogen-bond donors (Lipinski definition) is 1. The first-order valence-corrected chi connectivity index (χ1v) is 7.60. The predicted molar refractivity (Wildman–Crippen MR) is 86.5 cm³/mol. The Balaban J connectivity index is 1.64. The first-order chi connectivity index (χ1) is 10.8. The summed E-state index contributed by atoms with van der Waals surface area (Å²) in [5.41, 5.74) is 1.70. The highest BCUT2D eigenvalue weighted by atomic mass is 15.3. The van der Waals surface area contributed by atoms with E-state index in [-0.39, 0.29) is 0 Å². The van der Waals surface area contributed by atoms with Crippen molar-refractivity contribution in [3.63, 3.8) is 0 Å². The Kier molecular flexibility index (Phi) is 3.14. The topological polar surface area (TPSA) is 58.4 Å². The predicted octanol–water partition coefficient (Wildman–Crippen LogP) is 2.86. The average molecular weight is 294 g/mol. The van der Waals surface area contributed by atoms with Crippen molar-refractivity contribution in [2.45, 2.75) is 25.8 Å². The van der Waals surface area contributed by atoms with Crippen molar-refractivity contribution in [1.82, 2.24) is 19.6 Å². The van der Waals surface area contributed by atoms with Crippen LogP contribution >= 0.6 is 0 Å². The van der Waals surface area contributed by atoms with E-state index in [1.807, 2.05) is 24.4 Å². The van der Waals surface area contributed by atoms with E-state index in [4.69, 9.17) is 4.98 Å². The van der Waals surface area contributed by atoms with E-state index in [0.29, 0.717) is 6.04 Å². The van der Waals surface area contributed by atoms with Crippen molar-refractivity contribution in [3.8, 4) is 0 Å². The van der Waals surface area contributed by atoms with Gasteiger partial charge in [-0.05, 0) is 38.0 Å². The fraction of sp³-hybridized carbons (Fsp3) is 0.312. The Labute approximate surface area is 128 Å². The summed E-state index contributed by atoms with van der Waals surface area (Å²) in [7, 11) is 0. The van der Waals surface area contributed by atoms with Crippen molar-refractivity contribution in [2.75, 3.05) is 16.8 Å². The van der Waals surface area contributed by atoms with Crippen LogP contribution in [0, 0.1) is 0 Å². The van der Waals surface area contributed by atoms with Crippen LogP contribution in [0.2, 0.25) is 0 Å². The molecule has 1 aliphatic rings. The van der Waals surface area contributed by atoms with Crippen LogP contribution in [0.3, 0.4) is 0 Å². The molecule has 1 N–H and O–H groups in total. The van der Waals surface area contributed by atoms with E-state index in [0.717, 1.165) is 29.5 Å². The van der Waals surface area contributed by atoms with E-state index >= 15 is 0 Å². The minimum absolute atomic E-state index is 0.558. The van der Waals surface area contributed by atoms with Gasteiger partial charge in [0.15, 0.2) is 5.65 Å². The van der Waals surface area contributed by atoms with E-state index in [1.54, 1.807) is 16.9 Å². The van der Waals surface area contributed by atoms with Gasteiger partial charge >= 0.3 is 0 Å².